The number of carboxylic acids is 1. The van der Waals surface area contributed by atoms with Crippen LogP contribution in [-0.2, 0) is 14.6 Å². The van der Waals surface area contributed by atoms with Gasteiger partial charge in [0.15, 0.2) is 5.76 Å². The maximum Gasteiger partial charge on any atom is 0.326 e. The van der Waals surface area contributed by atoms with E-state index in [0.717, 1.165) is 19.1 Å². The van der Waals surface area contributed by atoms with Crippen molar-refractivity contribution in [3.8, 4) is 0 Å². The highest BCUT2D eigenvalue weighted by atomic mass is 32.2. The van der Waals surface area contributed by atoms with Crippen LogP contribution in [-0.4, -0.2) is 48.6 Å². The molecule has 1 fully saturated rings. The first kappa shape index (κ1) is 14.6. The normalized spacial score (nSPS) is 16.7. The average molecular weight is 301 g/mol. The lowest BCUT2D eigenvalue weighted by molar-refractivity contribution is -0.141. The first-order valence-corrected chi connectivity index (χ1v) is 7.96. The van der Waals surface area contributed by atoms with Crippen molar-refractivity contribution in [3.63, 3.8) is 0 Å². The predicted octanol–water partition coefficient (Wildman–Crippen LogP) is 0.761. The van der Waals surface area contributed by atoms with Gasteiger partial charge in [0, 0.05) is 12.3 Å². The monoisotopic (exact) mass is 301 g/mol. The molecule has 1 aromatic rings. The Morgan fingerprint density at radius 1 is 1.40 bits per heavy atom. The number of carbonyl (C=O) groups is 2. The number of aliphatic carboxylic acids is 1. The van der Waals surface area contributed by atoms with Crippen LogP contribution < -0.4 is 0 Å². The van der Waals surface area contributed by atoms with Crippen molar-refractivity contribution in [1.82, 2.24) is 4.90 Å². The maximum atomic E-state index is 12.3. The Labute approximate surface area is 116 Å². The molecule has 1 aliphatic rings. The Hall–Kier alpha value is -1.83. The Bertz CT molecular complexity index is 643. The average Bonchev–Trinajstić information content (AvgIpc) is 3.03. The molecular formula is C12H15NO6S. The molecule has 1 N–H and O–H groups in total. The van der Waals surface area contributed by atoms with Gasteiger partial charge < -0.3 is 14.4 Å². The van der Waals surface area contributed by atoms with Gasteiger partial charge in [-0.15, -0.1) is 0 Å². The summed E-state index contributed by atoms with van der Waals surface area (Å²) in [5.74, 6) is -1.87. The molecule has 1 amide bonds. The van der Waals surface area contributed by atoms with Crippen molar-refractivity contribution in [2.24, 2.45) is 0 Å². The fraction of sp³-hybridized carbons (Fsp3) is 0.500. The fourth-order valence-corrected chi connectivity index (χ4v) is 2.45. The third-order valence-electron chi connectivity index (χ3n) is 3.11. The second-order valence-electron chi connectivity index (χ2n) is 4.85. The van der Waals surface area contributed by atoms with Gasteiger partial charge in [0.1, 0.15) is 6.04 Å². The zero-order valence-corrected chi connectivity index (χ0v) is 11.9. The van der Waals surface area contributed by atoms with Crippen molar-refractivity contribution in [1.29, 1.82) is 0 Å². The highest BCUT2D eigenvalue weighted by molar-refractivity contribution is 7.90. The molecule has 1 saturated carbocycles. The third-order valence-corrected chi connectivity index (χ3v) is 4.06. The summed E-state index contributed by atoms with van der Waals surface area (Å²) in [6, 6.07) is 1.34. The van der Waals surface area contributed by atoms with Crippen LogP contribution in [0.15, 0.2) is 21.6 Å². The zero-order valence-electron chi connectivity index (χ0n) is 11.1. The molecule has 8 heteroatoms. The molecule has 0 radical (unpaired) electrons. The standard InChI is InChI=1S/C12H15NO6S/c1-7(12(15)16)13(8-3-4-8)11(14)9-5-6-10(19-9)20(2,17)18/h5-8H,3-4H2,1-2H3,(H,15,16). The van der Waals surface area contributed by atoms with Crippen LogP contribution in [0.1, 0.15) is 30.3 Å². The van der Waals surface area contributed by atoms with Crippen molar-refractivity contribution < 1.29 is 27.5 Å². The Morgan fingerprint density at radius 3 is 2.40 bits per heavy atom. The first-order chi connectivity index (χ1) is 9.21. The molecule has 1 unspecified atom stereocenters. The van der Waals surface area contributed by atoms with Crippen molar-refractivity contribution in [2.45, 2.75) is 36.9 Å². The number of carbonyl (C=O) groups excluding carboxylic acids is 1. The second-order valence-corrected chi connectivity index (χ2v) is 6.80. The number of rotatable bonds is 5. The molecule has 7 nitrogen and oxygen atoms in total. The number of hydrogen-bond acceptors (Lipinski definition) is 5. The number of hydrogen-bond donors (Lipinski definition) is 1. The van der Waals surface area contributed by atoms with Gasteiger partial charge >= 0.3 is 5.97 Å². The molecule has 20 heavy (non-hydrogen) atoms. The molecule has 1 atom stereocenters. The van der Waals surface area contributed by atoms with Gasteiger partial charge in [-0.3, -0.25) is 4.79 Å². The molecule has 0 bridgehead atoms. The molecule has 1 heterocycles. The van der Waals surface area contributed by atoms with Gasteiger partial charge in [0.2, 0.25) is 14.9 Å². The summed E-state index contributed by atoms with van der Waals surface area (Å²) < 4.78 is 27.7. The summed E-state index contributed by atoms with van der Waals surface area (Å²) in [6.07, 6.45) is 2.45. The third kappa shape index (κ3) is 2.84. The van der Waals surface area contributed by atoms with Gasteiger partial charge in [0.25, 0.3) is 5.91 Å². The topological polar surface area (TPSA) is 105 Å². The van der Waals surface area contributed by atoms with Crippen LogP contribution in [0.4, 0.5) is 0 Å². The maximum absolute atomic E-state index is 12.3. The van der Waals surface area contributed by atoms with E-state index in [1.165, 1.54) is 24.0 Å². The molecule has 0 aromatic carbocycles. The van der Waals surface area contributed by atoms with Crippen LogP contribution in [0.3, 0.4) is 0 Å². The summed E-state index contributed by atoms with van der Waals surface area (Å²) in [7, 11) is -3.54. The van der Waals surface area contributed by atoms with Gasteiger partial charge in [-0.25, -0.2) is 13.2 Å². The molecule has 1 aromatic heterocycles. The minimum atomic E-state index is -3.54. The lowest BCUT2D eigenvalue weighted by atomic mass is 10.2. The first-order valence-electron chi connectivity index (χ1n) is 6.07. The van der Waals surface area contributed by atoms with Crippen molar-refractivity contribution in [3.05, 3.63) is 17.9 Å². The van der Waals surface area contributed by atoms with E-state index in [-0.39, 0.29) is 16.9 Å². The van der Waals surface area contributed by atoms with Crippen LogP contribution in [0, 0.1) is 0 Å². The summed E-state index contributed by atoms with van der Waals surface area (Å²) >= 11 is 0. The highest BCUT2D eigenvalue weighted by Crippen LogP contribution is 2.30. The number of furan rings is 1. The SMILES string of the molecule is CC(C(=O)O)N(C(=O)c1ccc(S(C)(=O)=O)o1)C1CC1. The summed E-state index contributed by atoms with van der Waals surface area (Å²) in [5, 5.41) is 8.73. The van der Waals surface area contributed by atoms with Gasteiger partial charge in [-0.1, -0.05) is 0 Å². The Kier molecular flexibility index (Phi) is 3.59. The van der Waals surface area contributed by atoms with E-state index in [0.29, 0.717) is 0 Å². The van der Waals surface area contributed by atoms with Gasteiger partial charge in [-0.2, -0.15) is 0 Å². The van der Waals surface area contributed by atoms with Gasteiger partial charge in [0.05, 0.1) is 0 Å². The van der Waals surface area contributed by atoms with E-state index in [4.69, 9.17) is 9.52 Å². The summed E-state index contributed by atoms with van der Waals surface area (Å²) in [6.45, 7) is 1.42. The molecule has 0 saturated heterocycles. The molecule has 1 aliphatic carbocycles. The molecule has 2 rings (SSSR count). The number of carboxylic acid groups (broad SMARTS) is 1. The van der Waals surface area contributed by atoms with E-state index < -0.39 is 27.8 Å². The number of sulfone groups is 1. The van der Waals surface area contributed by atoms with E-state index in [2.05, 4.69) is 0 Å². The van der Waals surface area contributed by atoms with E-state index in [1.54, 1.807) is 0 Å². The Morgan fingerprint density at radius 2 is 2.00 bits per heavy atom. The van der Waals surface area contributed by atoms with E-state index >= 15 is 0 Å². The van der Waals surface area contributed by atoms with Crippen molar-refractivity contribution >= 4 is 21.7 Å². The number of amides is 1. The van der Waals surface area contributed by atoms with E-state index in [1.807, 2.05) is 0 Å². The van der Waals surface area contributed by atoms with Crippen LogP contribution in [0.25, 0.3) is 0 Å². The lowest BCUT2D eigenvalue weighted by Gasteiger charge is -2.25. The van der Waals surface area contributed by atoms with Gasteiger partial charge in [-0.05, 0) is 31.9 Å². The summed E-state index contributed by atoms with van der Waals surface area (Å²) in [5.41, 5.74) is 0. The Balaban J connectivity index is 2.28. The van der Waals surface area contributed by atoms with Crippen LogP contribution in [0.5, 0.6) is 0 Å². The number of nitrogens with zero attached hydrogens (tertiary/aromatic N) is 1. The molecule has 0 spiro atoms. The molecular weight excluding hydrogens is 286 g/mol. The largest absolute Gasteiger partial charge is 0.480 e. The van der Waals surface area contributed by atoms with Crippen LogP contribution >= 0.6 is 0 Å². The van der Waals surface area contributed by atoms with Crippen molar-refractivity contribution in [2.75, 3.05) is 6.26 Å². The predicted molar refractivity (Wildman–Crippen MR) is 68.1 cm³/mol. The quantitative estimate of drug-likeness (QED) is 0.861. The minimum absolute atomic E-state index is 0.125. The molecule has 0 aliphatic heterocycles. The van der Waals surface area contributed by atoms with E-state index in [9.17, 15) is 18.0 Å². The zero-order chi connectivity index (χ0) is 15.1. The summed E-state index contributed by atoms with van der Waals surface area (Å²) in [4.78, 5) is 24.6. The fourth-order valence-electron chi connectivity index (χ4n) is 1.89. The smallest absolute Gasteiger partial charge is 0.326 e. The minimum Gasteiger partial charge on any atom is -0.480 e. The lowest BCUT2D eigenvalue weighted by Crippen LogP contribution is -2.44. The molecule has 110 valence electrons. The highest BCUT2D eigenvalue weighted by Gasteiger charge is 2.40. The van der Waals surface area contributed by atoms with Crippen LogP contribution in [0.2, 0.25) is 0 Å². The second kappa shape index (κ2) is 4.93.